The van der Waals surface area contributed by atoms with Crippen molar-refractivity contribution in [3.05, 3.63) is 75.2 Å². The predicted octanol–water partition coefficient (Wildman–Crippen LogP) is 4.61. The molecule has 5 rings (SSSR count). The van der Waals surface area contributed by atoms with Crippen molar-refractivity contribution >= 4 is 0 Å². The summed E-state index contributed by atoms with van der Waals surface area (Å²) < 4.78 is 20.1. The van der Waals surface area contributed by atoms with E-state index in [1.54, 1.807) is 6.07 Å². The number of pyridine rings is 2. The summed E-state index contributed by atoms with van der Waals surface area (Å²) >= 11 is 0. The molecule has 3 aromatic rings. The number of benzene rings is 1. The number of aromatic nitrogens is 2. The maximum absolute atomic E-state index is 12.8. The van der Waals surface area contributed by atoms with Crippen LogP contribution in [0, 0.1) is 13.8 Å². The Labute approximate surface area is 194 Å². The molecule has 0 amide bonds. The van der Waals surface area contributed by atoms with Crippen LogP contribution in [-0.4, -0.2) is 28.9 Å². The molecule has 1 atom stereocenters. The number of hydrogen-bond donors (Lipinski definition) is 0. The van der Waals surface area contributed by atoms with E-state index in [0.29, 0.717) is 19.1 Å². The molecule has 2 aliphatic rings. The molecule has 0 aliphatic carbocycles. The fourth-order valence-electron chi connectivity index (χ4n) is 4.61. The van der Waals surface area contributed by atoms with Gasteiger partial charge in [0.15, 0.2) is 11.3 Å². The summed E-state index contributed by atoms with van der Waals surface area (Å²) in [7, 11) is 0. The molecule has 1 fully saturated rings. The van der Waals surface area contributed by atoms with Gasteiger partial charge in [0, 0.05) is 47.8 Å². The number of rotatable bonds is 6. The van der Waals surface area contributed by atoms with E-state index in [1.165, 1.54) is 5.56 Å². The van der Waals surface area contributed by atoms with Gasteiger partial charge in [-0.2, -0.15) is 0 Å². The molecule has 0 saturated carbocycles. The Balaban J connectivity index is 1.38. The van der Waals surface area contributed by atoms with Crippen molar-refractivity contribution in [1.82, 2.24) is 9.55 Å². The highest BCUT2D eigenvalue weighted by Gasteiger charge is 2.23. The van der Waals surface area contributed by atoms with Crippen molar-refractivity contribution in [2.75, 3.05) is 13.2 Å². The second kappa shape index (κ2) is 9.40. The first-order chi connectivity index (χ1) is 16.1. The van der Waals surface area contributed by atoms with Crippen LogP contribution in [0.5, 0.6) is 11.6 Å². The van der Waals surface area contributed by atoms with Gasteiger partial charge in [0.05, 0.1) is 11.8 Å². The second-order valence-electron chi connectivity index (χ2n) is 8.94. The standard InChI is InChI=1S/C27H30N2O4/c1-18-6-7-20(15-28-18)16-32-22-8-9-24-21(13-22)10-11-29-26(14-25(30)19(2)27(24)29)33-17-23-5-3-4-12-31-23/h6-9,13-15,23H,3-5,10-12,16-17H2,1-2H3. The van der Waals surface area contributed by atoms with Crippen molar-refractivity contribution < 1.29 is 14.2 Å². The Morgan fingerprint density at radius 1 is 1.12 bits per heavy atom. The minimum Gasteiger partial charge on any atom is -0.489 e. The van der Waals surface area contributed by atoms with E-state index in [0.717, 1.165) is 72.7 Å². The lowest BCUT2D eigenvalue weighted by Gasteiger charge is -2.28. The highest BCUT2D eigenvalue weighted by molar-refractivity contribution is 5.70. The van der Waals surface area contributed by atoms with Gasteiger partial charge in [0.2, 0.25) is 0 Å². The average molecular weight is 447 g/mol. The van der Waals surface area contributed by atoms with E-state index < -0.39 is 0 Å². The summed E-state index contributed by atoms with van der Waals surface area (Å²) in [6.07, 6.45) is 6.08. The largest absolute Gasteiger partial charge is 0.489 e. The van der Waals surface area contributed by atoms with Gasteiger partial charge in [0.25, 0.3) is 0 Å². The van der Waals surface area contributed by atoms with E-state index in [4.69, 9.17) is 14.2 Å². The van der Waals surface area contributed by atoms with Gasteiger partial charge in [0.1, 0.15) is 19.0 Å². The summed E-state index contributed by atoms with van der Waals surface area (Å²) in [5.74, 6) is 1.46. The van der Waals surface area contributed by atoms with Crippen LogP contribution in [0.25, 0.3) is 11.3 Å². The van der Waals surface area contributed by atoms with Crippen LogP contribution < -0.4 is 14.9 Å². The lowest BCUT2D eigenvalue weighted by molar-refractivity contribution is -0.0127. The number of nitrogens with zero attached hydrogens (tertiary/aromatic N) is 2. The van der Waals surface area contributed by atoms with Gasteiger partial charge in [-0.15, -0.1) is 0 Å². The normalized spacial score (nSPS) is 17.2. The van der Waals surface area contributed by atoms with E-state index in [-0.39, 0.29) is 11.5 Å². The van der Waals surface area contributed by atoms with Crippen molar-refractivity contribution in [3.8, 4) is 22.9 Å². The SMILES string of the molecule is Cc1ccc(COc2ccc3c(c2)CCn2c(OCC4CCCCO4)cc(=O)c(C)c2-3)cn1. The first-order valence-electron chi connectivity index (χ1n) is 11.7. The molecular formula is C27H30N2O4. The Kier molecular flexibility index (Phi) is 6.18. The topological polar surface area (TPSA) is 62.6 Å². The van der Waals surface area contributed by atoms with E-state index >= 15 is 0 Å². The van der Waals surface area contributed by atoms with Gasteiger partial charge in [-0.1, -0.05) is 6.07 Å². The Hall–Kier alpha value is -3.12. The van der Waals surface area contributed by atoms with Crippen LogP contribution >= 0.6 is 0 Å². The third-order valence-corrected chi connectivity index (χ3v) is 6.52. The summed E-state index contributed by atoms with van der Waals surface area (Å²) in [5.41, 5.74) is 5.97. The Bertz CT molecular complexity index is 1190. The summed E-state index contributed by atoms with van der Waals surface area (Å²) in [4.78, 5) is 17.1. The van der Waals surface area contributed by atoms with Crippen LogP contribution in [0.15, 0.2) is 47.4 Å². The van der Waals surface area contributed by atoms with E-state index in [2.05, 4.69) is 21.7 Å². The molecule has 6 heteroatoms. The van der Waals surface area contributed by atoms with Crippen LogP contribution in [0.2, 0.25) is 0 Å². The molecule has 0 N–H and O–H groups in total. The van der Waals surface area contributed by atoms with Gasteiger partial charge >= 0.3 is 0 Å². The van der Waals surface area contributed by atoms with E-state index in [9.17, 15) is 4.79 Å². The number of aryl methyl sites for hydroxylation is 2. The van der Waals surface area contributed by atoms with Crippen LogP contribution in [0.4, 0.5) is 0 Å². The summed E-state index contributed by atoms with van der Waals surface area (Å²) in [6, 6.07) is 11.8. The highest BCUT2D eigenvalue weighted by Crippen LogP contribution is 2.36. The maximum Gasteiger partial charge on any atom is 0.197 e. The smallest absolute Gasteiger partial charge is 0.197 e. The molecule has 172 valence electrons. The van der Waals surface area contributed by atoms with Crippen molar-refractivity contribution in [1.29, 1.82) is 0 Å². The predicted molar refractivity (Wildman–Crippen MR) is 127 cm³/mol. The number of ether oxygens (including phenoxy) is 3. The molecule has 1 saturated heterocycles. The fraction of sp³-hybridized carbons (Fsp3) is 0.407. The molecule has 2 aromatic heterocycles. The quantitative estimate of drug-likeness (QED) is 0.553. The molecule has 1 unspecified atom stereocenters. The van der Waals surface area contributed by atoms with Gasteiger partial charge in [-0.25, -0.2) is 0 Å². The fourth-order valence-corrected chi connectivity index (χ4v) is 4.61. The van der Waals surface area contributed by atoms with Crippen molar-refractivity contribution in [2.24, 2.45) is 0 Å². The van der Waals surface area contributed by atoms with E-state index in [1.807, 2.05) is 38.2 Å². The minimum absolute atomic E-state index is 0.000796. The zero-order valence-electron chi connectivity index (χ0n) is 19.3. The van der Waals surface area contributed by atoms with Gasteiger partial charge < -0.3 is 18.8 Å². The monoisotopic (exact) mass is 446 g/mol. The highest BCUT2D eigenvalue weighted by atomic mass is 16.5. The molecule has 0 bridgehead atoms. The van der Waals surface area contributed by atoms with Crippen LogP contribution in [0.3, 0.4) is 0 Å². The second-order valence-corrected chi connectivity index (χ2v) is 8.94. The third kappa shape index (κ3) is 4.67. The molecule has 0 spiro atoms. The zero-order valence-corrected chi connectivity index (χ0v) is 19.3. The Morgan fingerprint density at radius 3 is 2.82 bits per heavy atom. The molecule has 1 aromatic carbocycles. The molecule has 0 radical (unpaired) electrons. The lowest BCUT2D eigenvalue weighted by Crippen LogP contribution is -2.28. The first kappa shape index (κ1) is 21.7. The zero-order chi connectivity index (χ0) is 22.8. The molecular weight excluding hydrogens is 416 g/mol. The van der Waals surface area contributed by atoms with Crippen LogP contribution in [-0.2, 0) is 24.3 Å². The number of hydrogen-bond acceptors (Lipinski definition) is 5. The lowest BCUT2D eigenvalue weighted by atomic mass is 9.94. The molecule has 4 heterocycles. The first-order valence-corrected chi connectivity index (χ1v) is 11.7. The van der Waals surface area contributed by atoms with Crippen molar-refractivity contribution in [3.63, 3.8) is 0 Å². The molecule has 33 heavy (non-hydrogen) atoms. The minimum atomic E-state index is 0.000796. The molecule has 6 nitrogen and oxygen atoms in total. The summed E-state index contributed by atoms with van der Waals surface area (Å²) in [6.45, 7) is 6.37. The maximum atomic E-state index is 12.8. The summed E-state index contributed by atoms with van der Waals surface area (Å²) in [5, 5.41) is 0. The number of fused-ring (bicyclic) bond motifs is 3. The Morgan fingerprint density at radius 2 is 2.03 bits per heavy atom. The molecule has 2 aliphatic heterocycles. The van der Waals surface area contributed by atoms with Gasteiger partial charge in [-0.05, 0) is 69.4 Å². The van der Waals surface area contributed by atoms with Crippen LogP contribution in [0.1, 0.15) is 41.6 Å². The van der Waals surface area contributed by atoms with Crippen molar-refractivity contribution in [2.45, 2.75) is 58.8 Å². The van der Waals surface area contributed by atoms with Gasteiger partial charge in [-0.3, -0.25) is 9.78 Å². The third-order valence-electron chi connectivity index (χ3n) is 6.52. The average Bonchev–Trinajstić information content (AvgIpc) is 2.85.